The van der Waals surface area contributed by atoms with E-state index >= 15 is 0 Å². The maximum Gasteiger partial charge on any atom is 0.0437 e. The minimum Gasteiger partial charge on any atom is -0.382 e. The van der Waals surface area contributed by atoms with Gasteiger partial charge in [0.2, 0.25) is 0 Å². The molecule has 64 valence electrons. The summed E-state index contributed by atoms with van der Waals surface area (Å²) in [5.41, 5.74) is 0. The highest BCUT2D eigenvalue weighted by atomic mass is 35.5. The zero-order valence-corrected chi connectivity index (χ0v) is 8.08. The average Bonchev–Trinajstić information content (AvgIpc) is 1.93. The lowest BCUT2D eigenvalue weighted by atomic mass is 10.4. The molecule has 0 atom stereocenters. The second-order valence-electron chi connectivity index (χ2n) is 1.82. The second kappa shape index (κ2) is 16.1. The zero-order valence-electron chi connectivity index (χ0n) is 7.32. The number of unbranched alkanes of at least 4 members (excludes halogenated alkanes) is 1. The van der Waals surface area contributed by atoms with Crippen LogP contribution < -0.4 is 0 Å². The number of rotatable bonds is 4. The van der Waals surface area contributed by atoms with Crippen molar-refractivity contribution in [1.29, 1.82) is 0 Å². The van der Waals surface area contributed by atoms with Gasteiger partial charge in [0.25, 0.3) is 0 Å². The molecule has 0 rings (SSSR count). The molecule has 0 aliphatic carbocycles. The fourth-order valence-electron chi connectivity index (χ4n) is 0.338. The summed E-state index contributed by atoms with van der Waals surface area (Å²) in [5.74, 6) is 0.816. The van der Waals surface area contributed by atoms with Crippen LogP contribution in [0, 0.1) is 0 Å². The lowest BCUT2D eigenvalue weighted by molar-refractivity contribution is 0.162. The van der Waals surface area contributed by atoms with Gasteiger partial charge in [0.15, 0.2) is 0 Å². The Morgan fingerprint density at radius 2 is 1.60 bits per heavy atom. The van der Waals surface area contributed by atoms with Crippen LogP contribution in [0.5, 0.6) is 0 Å². The van der Waals surface area contributed by atoms with Crippen molar-refractivity contribution in [2.45, 2.75) is 33.6 Å². The zero-order chi connectivity index (χ0) is 8.24. The Hall–Kier alpha value is 0.250. The van der Waals surface area contributed by atoms with E-state index in [0.717, 1.165) is 25.5 Å². The summed E-state index contributed by atoms with van der Waals surface area (Å²) in [6.07, 6.45) is 2.37. The molecule has 0 saturated heterocycles. The topological polar surface area (TPSA) is 9.23 Å². The van der Waals surface area contributed by atoms with Crippen molar-refractivity contribution in [3.05, 3.63) is 0 Å². The van der Waals surface area contributed by atoms with E-state index in [0.29, 0.717) is 0 Å². The summed E-state index contributed by atoms with van der Waals surface area (Å²) in [5, 5.41) is 0. The van der Waals surface area contributed by atoms with E-state index in [2.05, 4.69) is 6.92 Å². The molecule has 0 spiro atoms. The third-order valence-electron chi connectivity index (χ3n) is 0.895. The Bertz CT molecular complexity index is 30.2. The van der Waals surface area contributed by atoms with E-state index in [9.17, 15) is 0 Å². The van der Waals surface area contributed by atoms with Gasteiger partial charge in [0, 0.05) is 19.1 Å². The molecule has 0 bridgehead atoms. The molecule has 0 saturated carbocycles. The monoisotopic (exact) mass is 166 g/mol. The highest BCUT2D eigenvalue weighted by Gasteiger charge is 1.70. The van der Waals surface area contributed by atoms with Gasteiger partial charge in [0.1, 0.15) is 0 Å². The van der Waals surface area contributed by atoms with E-state index in [1.165, 1.54) is 6.42 Å². The van der Waals surface area contributed by atoms with Crippen LogP contribution in [0.3, 0.4) is 0 Å². The molecule has 0 fully saturated rings. The smallest absolute Gasteiger partial charge is 0.0437 e. The molecule has 0 aromatic carbocycles. The van der Waals surface area contributed by atoms with E-state index in [1.54, 1.807) is 0 Å². The van der Waals surface area contributed by atoms with Crippen LogP contribution in [0.1, 0.15) is 33.6 Å². The molecule has 0 aromatic heterocycles. The van der Waals surface area contributed by atoms with E-state index in [1.807, 2.05) is 13.8 Å². The lowest BCUT2D eigenvalue weighted by Crippen LogP contribution is -1.84. The largest absolute Gasteiger partial charge is 0.382 e. The first kappa shape index (κ1) is 12.9. The van der Waals surface area contributed by atoms with Crippen molar-refractivity contribution in [2.24, 2.45) is 0 Å². The summed E-state index contributed by atoms with van der Waals surface area (Å²) >= 11 is 5.30. The molecular weight excluding hydrogens is 148 g/mol. The highest BCUT2D eigenvalue weighted by molar-refractivity contribution is 6.17. The molecule has 0 heterocycles. The SMILES string of the molecule is CCCCCl.CCOCC. The summed E-state index contributed by atoms with van der Waals surface area (Å²) in [7, 11) is 0. The first-order chi connectivity index (χ1) is 4.83. The molecule has 2 heteroatoms. The molecule has 0 aliphatic rings. The third kappa shape index (κ3) is 24.0. The van der Waals surface area contributed by atoms with Gasteiger partial charge in [-0.1, -0.05) is 13.3 Å². The predicted molar refractivity (Wildman–Crippen MR) is 47.8 cm³/mol. The number of ether oxygens (including phenoxy) is 1. The average molecular weight is 167 g/mol. The fraction of sp³-hybridized carbons (Fsp3) is 1.00. The van der Waals surface area contributed by atoms with Crippen LogP contribution >= 0.6 is 11.6 Å². The molecule has 0 aromatic rings. The van der Waals surface area contributed by atoms with Crippen molar-refractivity contribution in [2.75, 3.05) is 19.1 Å². The van der Waals surface area contributed by atoms with Crippen LogP contribution in [0.4, 0.5) is 0 Å². The first-order valence-electron chi connectivity index (χ1n) is 3.97. The van der Waals surface area contributed by atoms with Crippen molar-refractivity contribution in [1.82, 2.24) is 0 Å². The van der Waals surface area contributed by atoms with Crippen molar-refractivity contribution >= 4 is 11.6 Å². The van der Waals surface area contributed by atoms with Gasteiger partial charge in [-0.3, -0.25) is 0 Å². The quantitative estimate of drug-likeness (QED) is 0.584. The fourth-order valence-corrected chi connectivity index (χ4v) is 0.605. The van der Waals surface area contributed by atoms with Gasteiger partial charge in [-0.25, -0.2) is 0 Å². The molecule has 0 N–H and O–H groups in total. The minimum absolute atomic E-state index is 0.816. The number of hydrogen-bond acceptors (Lipinski definition) is 1. The van der Waals surface area contributed by atoms with Gasteiger partial charge in [-0.2, -0.15) is 0 Å². The van der Waals surface area contributed by atoms with Crippen LogP contribution in [0.15, 0.2) is 0 Å². The Kier molecular flexibility index (Phi) is 20.8. The minimum atomic E-state index is 0.816. The Morgan fingerprint density at radius 1 is 1.10 bits per heavy atom. The van der Waals surface area contributed by atoms with Gasteiger partial charge in [0.05, 0.1) is 0 Å². The van der Waals surface area contributed by atoms with Gasteiger partial charge in [-0.05, 0) is 20.3 Å². The standard InChI is InChI=1S/C4H9Cl.C4H10O/c1-2-3-4-5;1-3-5-4-2/h2-4H2,1H3;3-4H2,1-2H3. The summed E-state index contributed by atoms with van der Waals surface area (Å²) in [6.45, 7) is 7.79. The molecule has 0 radical (unpaired) electrons. The second-order valence-corrected chi connectivity index (χ2v) is 2.20. The van der Waals surface area contributed by atoms with Crippen LogP contribution in [0.2, 0.25) is 0 Å². The van der Waals surface area contributed by atoms with Crippen LogP contribution in [-0.4, -0.2) is 19.1 Å². The molecule has 0 aliphatic heterocycles. The number of alkyl halides is 1. The highest BCUT2D eigenvalue weighted by Crippen LogP contribution is 1.86. The summed E-state index contributed by atoms with van der Waals surface area (Å²) < 4.78 is 4.83. The third-order valence-corrected chi connectivity index (χ3v) is 1.16. The maximum absolute atomic E-state index is 5.30. The normalized spacial score (nSPS) is 8.40. The summed E-state index contributed by atoms with van der Waals surface area (Å²) in [4.78, 5) is 0. The van der Waals surface area contributed by atoms with Crippen molar-refractivity contribution < 1.29 is 4.74 Å². The summed E-state index contributed by atoms with van der Waals surface area (Å²) in [6, 6.07) is 0. The Morgan fingerprint density at radius 3 is 1.60 bits per heavy atom. The van der Waals surface area contributed by atoms with E-state index in [-0.39, 0.29) is 0 Å². The van der Waals surface area contributed by atoms with Crippen molar-refractivity contribution in [3.63, 3.8) is 0 Å². The lowest BCUT2D eigenvalue weighted by Gasteiger charge is -1.86. The van der Waals surface area contributed by atoms with E-state index in [4.69, 9.17) is 16.3 Å². The van der Waals surface area contributed by atoms with Crippen molar-refractivity contribution in [3.8, 4) is 0 Å². The molecule has 0 amide bonds. The van der Waals surface area contributed by atoms with Crippen LogP contribution in [-0.2, 0) is 4.74 Å². The number of hydrogen-bond donors (Lipinski definition) is 0. The Labute approximate surface area is 69.7 Å². The van der Waals surface area contributed by atoms with Gasteiger partial charge >= 0.3 is 0 Å². The van der Waals surface area contributed by atoms with E-state index < -0.39 is 0 Å². The molecule has 10 heavy (non-hydrogen) atoms. The molecular formula is C8H19ClO. The van der Waals surface area contributed by atoms with Gasteiger partial charge < -0.3 is 4.74 Å². The Balaban J connectivity index is 0. The van der Waals surface area contributed by atoms with Crippen LogP contribution in [0.25, 0.3) is 0 Å². The molecule has 1 nitrogen and oxygen atoms in total. The predicted octanol–water partition coefficient (Wildman–Crippen LogP) is 3.07. The van der Waals surface area contributed by atoms with Gasteiger partial charge in [-0.15, -0.1) is 11.6 Å². The molecule has 0 unspecified atom stereocenters. The number of halogens is 1. The first-order valence-corrected chi connectivity index (χ1v) is 4.50. The maximum atomic E-state index is 5.30.